The molecule has 3 nitrogen and oxygen atoms in total. The normalized spacial score (nSPS) is 12.9. The maximum Gasteiger partial charge on any atom is 0.410 e. The van der Waals surface area contributed by atoms with Crippen molar-refractivity contribution >= 4 is 33.6 Å². The molecule has 0 aliphatic carbocycles. The summed E-state index contributed by atoms with van der Waals surface area (Å²) in [5.74, 6) is -0.373. The van der Waals surface area contributed by atoms with Gasteiger partial charge >= 0.3 is 6.09 Å². The van der Waals surface area contributed by atoms with Crippen molar-refractivity contribution in [2.45, 2.75) is 37.6 Å². The second-order valence-electron chi connectivity index (χ2n) is 5.86. The average molecular weight is 381 g/mol. The summed E-state index contributed by atoms with van der Waals surface area (Å²) in [7, 11) is 1.67. The van der Waals surface area contributed by atoms with Crippen LogP contribution in [0, 0.1) is 5.82 Å². The van der Waals surface area contributed by atoms with Crippen molar-refractivity contribution in [3.63, 3.8) is 0 Å². The maximum atomic E-state index is 13.3. The molecule has 0 saturated carbocycles. The van der Waals surface area contributed by atoms with Crippen LogP contribution in [0.5, 0.6) is 0 Å². The van der Waals surface area contributed by atoms with Crippen LogP contribution in [0.4, 0.5) is 9.18 Å². The summed E-state index contributed by atoms with van der Waals surface area (Å²) >= 11 is 9.32. The lowest BCUT2D eigenvalue weighted by Crippen LogP contribution is -2.35. The predicted molar refractivity (Wildman–Crippen MR) is 86.6 cm³/mol. The molecule has 0 aromatic heterocycles. The van der Waals surface area contributed by atoms with Crippen LogP contribution < -0.4 is 0 Å². The standard InChI is InChI=1S/C15H20BrClFNO2/c1-15(2,3)21-14(20)19(4)6-5-13(16)10-7-11(17)9-12(18)8-10/h7-9,13H,5-6H2,1-4H3. The molecule has 0 N–H and O–H groups in total. The lowest BCUT2D eigenvalue weighted by Gasteiger charge is -2.25. The number of nitrogens with zero attached hydrogens (tertiary/aromatic N) is 1. The van der Waals surface area contributed by atoms with E-state index < -0.39 is 5.60 Å². The highest BCUT2D eigenvalue weighted by Gasteiger charge is 2.20. The second-order valence-corrected chi connectivity index (χ2v) is 7.40. The van der Waals surface area contributed by atoms with Crippen molar-refractivity contribution in [2.75, 3.05) is 13.6 Å². The number of hydrogen-bond acceptors (Lipinski definition) is 2. The topological polar surface area (TPSA) is 29.5 Å². The predicted octanol–water partition coefficient (Wildman–Crippen LogP) is 5.17. The number of amides is 1. The van der Waals surface area contributed by atoms with Gasteiger partial charge in [-0.05, 0) is 51.0 Å². The lowest BCUT2D eigenvalue weighted by molar-refractivity contribution is 0.0297. The number of carbonyl (C=O) groups excluding carboxylic acids is 1. The van der Waals surface area contributed by atoms with Crippen LogP contribution in [0.2, 0.25) is 5.02 Å². The third-order valence-electron chi connectivity index (χ3n) is 2.67. The summed E-state index contributed by atoms with van der Waals surface area (Å²) in [6.45, 7) is 5.95. The zero-order chi connectivity index (χ0) is 16.2. The fourth-order valence-corrected chi connectivity index (χ4v) is 2.36. The number of halogens is 3. The minimum absolute atomic E-state index is 0.0874. The fraction of sp³-hybridized carbons (Fsp3) is 0.533. The average Bonchev–Trinajstić information content (AvgIpc) is 2.32. The van der Waals surface area contributed by atoms with E-state index in [0.29, 0.717) is 18.0 Å². The quantitative estimate of drug-likeness (QED) is 0.674. The number of carbonyl (C=O) groups is 1. The van der Waals surface area contributed by atoms with Crippen molar-refractivity contribution in [3.05, 3.63) is 34.6 Å². The van der Waals surface area contributed by atoms with Crippen molar-refractivity contribution in [1.82, 2.24) is 4.90 Å². The number of ether oxygens (including phenoxy) is 1. The first-order valence-corrected chi connectivity index (χ1v) is 7.92. The summed E-state index contributed by atoms with van der Waals surface area (Å²) in [5.41, 5.74) is 0.229. The molecule has 0 heterocycles. The largest absolute Gasteiger partial charge is 0.444 e. The molecule has 0 aliphatic heterocycles. The van der Waals surface area contributed by atoms with Gasteiger partial charge in [-0.15, -0.1) is 0 Å². The number of rotatable bonds is 4. The molecule has 118 valence electrons. The van der Waals surface area contributed by atoms with E-state index in [0.717, 1.165) is 5.56 Å². The van der Waals surface area contributed by atoms with Crippen LogP contribution in [-0.2, 0) is 4.74 Å². The molecule has 1 unspecified atom stereocenters. The fourth-order valence-electron chi connectivity index (χ4n) is 1.66. The van der Waals surface area contributed by atoms with Gasteiger partial charge in [0.1, 0.15) is 11.4 Å². The highest BCUT2D eigenvalue weighted by Crippen LogP contribution is 2.29. The molecule has 1 rings (SSSR count). The van der Waals surface area contributed by atoms with Gasteiger partial charge in [0.2, 0.25) is 0 Å². The smallest absolute Gasteiger partial charge is 0.410 e. The zero-order valence-corrected chi connectivity index (χ0v) is 15.0. The minimum Gasteiger partial charge on any atom is -0.444 e. The van der Waals surface area contributed by atoms with Crippen LogP contribution >= 0.6 is 27.5 Å². The first-order chi connectivity index (χ1) is 9.58. The molecule has 0 fully saturated rings. The summed E-state index contributed by atoms with van der Waals surface area (Å²) in [4.78, 5) is 13.2. The van der Waals surface area contributed by atoms with Crippen LogP contribution in [0.3, 0.4) is 0 Å². The van der Waals surface area contributed by atoms with Gasteiger partial charge in [-0.25, -0.2) is 9.18 Å². The Labute approximate surface area is 138 Å². The molecule has 0 spiro atoms. The van der Waals surface area contributed by atoms with Gasteiger partial charge in [0.15, 0.2) is 0 Å². The Hall–Kier alpha value is -0.810. The van der Waals surface area contributed by atoms with E-state index in [1.165, 1.54) is 17.0 Å². The lowest BCUT2D eigenvalue weighted by atomic mass is 10.1. The molecule has 1 aromatic carbocycles. The van der Waals surface area contributed by atoms with E-state index in [1.807, 2.05) is 20.8 Å². The molecule has 0 bridgehead atoms. The third kappa shape index (κ3) is 6.66. The van der Waals surface area contributed by atoms with Crippen molar-refractivity contribution < 1.29 is 13.9 Å². The van der Waals surface area contributed by atoms with E-state index in [4.69, 9.17) is 16.3 Å². The summed E-state index contributed by atoms with van der Waals surface area (Å²) < 4.78 is 18.6. The zero-order valence-electron chi connectivity index (χ0n) is 12.6. The third-order valence-corrected chi connectivity index (χ3v) is 3.87. The van der Waals surface area contributed by atoms with E-state index in [2.05, 4.69) is 15.9 Å². The van der Waals surface area contributed by atoms with E-state index in [-0.39, 0.29) is 16.7 Å². The Bertz CT molecular complexity index is 485. The Morgan fingerprint density at radius 1 is 1.43 bits per heavy atom. The summed E-state index contributed by atoms with van der Waals surface area (Å²) in [5, 5.41) is 0.356. The SMILES string of the molecule is CN(CCC(Br)c1cc(F)cc(Cl)c1)C(=O)OC(C)(C)C. The van der Waals surface area contributed by atoms with E-state index in [1.54, 1.807) is 13.1 Å². The Balaban J connectivity index is 2.56. The Morgan fingerprint density at radius 3 is 2.57 bits per heavy atom. The summed E-state index contributed by atoms with van der Waals surface area (Å²) in [6.07, 6.45) is 0.245. The van der Waals surface area contributed by atoms with Gasteiger partial charge < -0.3 is 9.64 Å². The van der Waals surface area contributed by atoms with Crippen LogP contribution in [0.25, 0.3) is 0 Å². The molecule has 0 aliphatic rings. The van der Waals surface area contributed by atoms with Gasteiger partial charge in [-0.1, -0.05) is 27.5 Å². The van der Waals surface area contributed by atoms with Crippen LogP contribution in [-0.4, -0.2) is 30.2 Å². The number of hydrogen-bond donors (Lipinski definition) is 0. The Kier molecular flexibility index (Phi) is 6.47. The molecule has 1 atom stereocenters. The van der Waals surface area contributed by atoms with Crippen LogP contribution in [0.1, 0.15) is 37.6 Å². The van der Waals surface area contributed by atoms with E-state index >= 15 is 0 Å². The maximum absolute atomic E-state index is 13.3. The highest BCUT2D eigenvalue weighted by atomic mass is 79.9. The monoisotopic (exact) mass is 379 g/mol. The van der Waals surface area contributed by atoms with Gasteiger partial charge in [0.05, 0.1) is 0 Å². The number of alkyl halides is 1. The minimum atomic E-state index is -0.519. The molecular formula is C15H20BrClFNO2. The first kappa shape index (κ1) is 18.2. The van der Waals surface area contributed by atoms with Crippen LogP contribution in [0.15, 0.2) is 18.2 Å². The molecule has 1 amide bonds. The number of benzene rings is 1. The highest BCUT2D eigenvalue weighted by molar-refractivity contribution is 9.09. The molecule has 21 heavy (non-hydrogen) atoms. The van der Waals surface area contributed by atoms with Crippen molar-refractivity contribution in [2.24, 2.45) is 0 Å². The summed E-state index contributed by atoms with van der Waals surface area (Å²) in [6, 6.07) is 4.40. The molecular weight excluding hydrogens is 361 g/mol. The van der Waals surface area contributed by atoms with Gasteiger partial charge in [0, 0.05) is 23.4 Å². The van der Waals surface area contributed by atoms with E-state index in [9.17, 15) is 9.18 Å². The first-order valence-electron chi connectivity index (χ1n) is 6.62. The molecule has 1 aromatic rings. The molecule has 6 heteroatoms. The molecule has 0 radical (unpaired) electrons. The second kappa shape index (κ2) is 7.45. The van der Waals surface area contributed by atoms with Crippen molar-refractivity contribution in [3.8, 4) is 0 Å². The molecule has 0 saturated heterocycles. The van der Waals surface area contributed by atoms with Gasteiger partial charge in [-0.3, -0.25) is 0 Å². The Morgan fingerprint density at radius 2 is 2.05 bits per heavy atom. The van der Waals surface area contributed by atoms with Gasteiger partial charge in [0.25, 0.3) is 0 Å². The van der Waals surface area contributed by atoms with Gasteiger partial charge in [-0.2, -0.15) is 0 Å². The van der Waals surface area contributed by atoms with Crippen molar-refractivity contribution in [1.29, 1.82) is 0 Å².